The summed E-state index contributed by atoms with van der Waals surface area (Å²) in [6, 6.07) is 12.5. The summed E-state index contributed by atoms with van der Waals surface area (Å²) in [5, 5.41) is 3.25. The lowest BCUT2D eigenvalue weighted by Gasteiger charge is -2.17. The van der Waals surface area contributed by atoms with E-state index in [1.807, 2.05) is 30.3 Å². The summed E-state index contributed by atoms with van der Waals surface area (Å²) in [6.07, 6.45) is 1.85. The van der Waals surface area contributed by atoms with Crippen molar-refractivity contribution in [2.45, 2.75) is 0 Å². The van der Waals surface area contributed by atoms with Gasteiger partial charge in [0.15, 0.2) is 0 Å². The molecular formula is C18H10Br2FN3. The van der Waals surface area contributed by atoms with Crippen LogP contribution in [0.5, 0.6) is 0 Å². The number of halogens is 3. The molecule has 2 N–H and O–H groups in total. The summed E-state index contributed by atoms with van der Waals surface area (Å²) < 4.78 is 15.0. The first-order valence-corrected chi connectivity index (χ1v) is 8.74. The van der Waals surface area contributed by atoms with Crippen molar-refractivity contribution in [1.82, 2.24) is 9.97 Å². The molecule has 0 saturated heterocycles. The summed E-state index contributed by atoms with van der Waals surface area (Å²) in [4.78, 5) is 7.66. The molecule has 0 bridgehead atoms. The first-order valence-electron chi connectivity index (χ1n) is 7.16. The van der Waals surface area contributed by atoms with Gasteiger partial charge in [0.2, 0.25) is 0 Å². The lowest BCUT2D eigenvalue weighted by Crippen LogP contribution is -2.04. The van der Waals surface area contributed by atoms with E-state index < -0.39 is 0 Å². The van der Waals surface area contributed by atoms with Gasteiger partial charge >= 0.3 is 0 Å². The van der Waals surface area contributed by atoms with E-state index in [9.17, 15) is 4.39 Å². The van der Waals surface area contributed by atoms with E-state index in [4.69, 9.17) is 0 Å². The number of H-pyrrole nitrogens is 1. The number of benzene rings is 2. The third kappa shape index (κ3) is 2.73. The molecular weight excluding hydrogens is 437 g/mol. The highest BCUT2D eigenvalue weighted by atomic mass is 79.9. The van der Waals surface area contributed by atoms with Gasteiger partial charge in [0, 0.05) is 22.4 Å². The van der Waals surface area contributed by atoms with Crippen LogP contribution in [-0.4, -0.2) is 9.97 Å². The molecule has 0 amide bonds. The molecule has 1 aliphatic heterocycles. The molecule has 0 saturated carbocycles. The molecule has 1 aliphatic rings. The molecule has 24 heavy (non-hydrogen) atoms. The predicted molar refractivity (Wildman–Crippen MR) is 101 cm³/mol. The second-order valence-electron chi connectivity index (χ2n) is 5.26. The van der Waals surface area contributed by atoms with Crippen molar-refractivity contribution in [3.63, 3.8) is 0 Å². The van der Waals surface area contributed by atoms with Crippen LogP contribution in [0.15, 0.2) is 57.4 Å². The molecule has 2 heterocycles. The highest BCUT2D eigenvalue weighted by Gasteiger charge is 2.16. The summed E-state index contributed by atoms with van der Waals surface area (Å²) >= 11 is 6.80. The largest absolute Gasteiger partial charge is 0.348 e. The molecule has 3 aromatic rings. The number of hydrogen-bond donors (Lipinski definition) is 2. The van der Waals surface area contributed by atoms with E-state index in [2.05, 4.69) is 52.9 Å². The van der Waals surface area contributed by atoms with Crippen LogP contribution >= 0.6 is 31.9 Å². The number of aromatic amines is 1. The van der Waals surface area contributed by atoms with Gasteiger partial charge < -0.3 is 10.3 Å². The van der Waals surface area contributed by atoms with E-state index in [1.165, 1.54) is 12.1 Å². The molecule has 0 aliphatic carbocycles. The number of imidazole rings is 1. The lowest BCUT2D eigenvalue weighted by molar-refractivity contribution is 0.628. The monoisotopic (exact) mass is 445 g/mol. The second kappa shape index (κ2) is 6.06. The minimum Gasteiger partial charge on any atom is -0.348 e. The smallest absolute Gasteiger partial charge is 0.140 e. The molecule has 118 valence electrons. The van der Waals surface area contributed by atoms with Crippen molar-refractivity contribution >= 4 is 49.3 Å². The summed E-state index contributed by atoms with van der Waals surface area (Å²) in [5.74, 6) is 0.452. The van der Waals surface area contributed by atoms with Crippen molar-refractivity contribution in [2.75, 3.05) is 5.32 Å². The Morgan fingerprint density at radius 2 is 1.83 bits per heavy atom. The third-order valence-corrected chi connectivity index (χ3v) is 5.40. The summed E-state index contributed by atoms with van der Waals surface area (Å²) in [7, 11) is 0. The molecule has 0 unspecified atom stereocenters. The average Bonchev–Trinajstić information content (AvgIpc) is 2.93. The second-order valence-corrected chi connectivity index (χ2v) is 6.80. The number of fused-ring (bicyclic) bond motifs is 1. The fourth-order valence-electron chi connectivity index (χ4n) is 2.59. The van der Waals surface area contributed by atoms with Crippen LogP contribution < -0.4 is 5.32 Å². The molecule has 2 aromatic carbocycles. The maximum Gasteiger partial charge on any atom is 0.140 e. The highest BCUT2D eigenvalue weighted by Crippen LogP contribution is 2.33. The fraction of sp³-hybridized carbons (Fsp3) is 0. The van der Waals surface area contributed by atoms with E-state index in [1.54, 1.807) is 6.07 Å². The number of anilines is 1. The first kappa shape index (κ1) is 15.4. The van der Waals surface area contributed by atoms with Gasteiger partial charge in [-0.2, -0.15) is 0 Å². The van der Waals surface area contributed by atoms with Crippen LogP contribution in [0, 0.1) is 5.82 Å². The number of rotatable bonds is 2. The van der Waals surface area contributed by atoms with Crippen LogP contribution in [0.3, 0.4) is 0 Å². The van der Waals surface area contributed by atoms with Gasteiger partial charge in [0.1, 0.15) is 20.8 Å². The number of nitrogens with zero attached hydrogens (tertiary/aromatic N) is 1. The number of nitrogens with one attached hydrogen (secondary N) is 2. The Hall–Kier alpha value is -2.14. The van der Waals surface area contributed by atoms with Crippen molar-refractivity contribution < 1.29 is 4.39 Å². The summed E-state index contributed by atoms with van der Waals surface area (Å²) in [5.41, 5.74) is 7.48. The van der Waals surface area contributed by atoms with Crippen molar-refractivity contribution in [1.29, 1.82) is 0 Å². The maximum atomic E-state index is 13.5. The van der Waals surface area contributed by atoms with Crippen LogP contribution in [0.4, 0.5) is 10.1 Å². The van der Waals surface area contributed by atoms with Gasteiger partial charge in [-0.15, -0.1) is 0 Å². The normalized spacial score (nSPS) is 12.5. The average molecular weight is 447 g/mol. The Balaban J connectivity index is 1.83. The molecule has 0 spiro atoms. The molecule has 3 nitrogen and oxygen atoms in total. The summed E-state index contributed by atoms with van der Waals surface area (Å²) in [6.45, 7) is 0. The molecule has 1 aromatic heterocycles. The topological polar surface area (TPSA) is 40.7 Å². The Morgan fingerprint density at radius 3 is 2.58 bits per heavy atom. The van der Waals surface area contributed by atoms with Gasteiger partial charge in [-0.05, 0) is 56.1 Å². The van der Waals surface area contributed by atoms with Crippen molar-refractivity contribution in [3.8, 4) is 11.4 Å². The first-order chi connectivity index (χ1) is 11.6. The minimum absolute atomic E-state index is 0.275. The van der Waals surface area contributed by atoms with Crippen molar-refractivity contribution in [3.05, 3.63) is 74.3 Å². The van der Waals surface area contributed by atoms with Crippen LogP contribution in [0.1, 0.15) is 11.1 Å². The molecule has 4 rings (SSSR count). The molecule has 6 heteroatoms. The SMILES string of the molecule is Fc1ccc2c(c1)NC(c1ccccc1-c1nc(Br)c(Br)[nH]1)=C=C2. The Kier molecular flexibility index (Phi) is 3.88. The highest BCUT2D eigenvalue weighted by molar-refractivity contribution is 9.13. The van der Waals surface area contributed by atoms with Gasteiger partial charge in [-0.1, -0.05) is 30.0 Å². The minimum atomic E-state index is -0.275. The van der Waals surface area contributed by atoms with Gasteiger partial charge in [-0.25, -0.2) is 9.37 Å². The van der Waals surface area contributed by atoms with E-state index in [0.717, 1.165) is 38.5 Å². The third-order valence-electron chi connectivity index (χ3n) is 3.72. The number of hydrogen-bond acceptors (Lipinski definition) is 2. The van der Waals surface area contributed by atoms with Crippen LogP contribution in [0.25, 0.3) is 23.2 Å². The van der Waals surface area contributed by atoms with Gasteiger partial charge in [-0.3, -0.25) is 0 Å². The van der Waals surface area contributed by atoms with E-state index >= 15 is 0 Å². The fourth-order valence-corrected chi connectivity index (χ4v) is 3.15. The quantitative estimate of drug-likeness (QED) is 0.487. The van der Waals surface area contributed by atoms with E-state index in [-0.39, 0.29) is 5.82 Å². The van der Waals surface area contributed by atoms with E-state index in [0.29, 0.717) is 4.60 Å². The zero-order chi connectivity index (χ0) is 16.7. The van der Waals surface area contributed by atoms with Crippen LogP contribution in [0.2, 0.25) is 0 Å². The number of aromatic nitrogens is 2. The Labute approximate surface area is 154 Å². The van der Waals surface area contributed by atoms with Crippen molar-refractivity contribution in [2.24, 2.45) is 0 Å². The Bertz CT molecular complexity index is 997. The Morgan fingerprint density at radius 1 is 1.04 bits per heavy atom. The zero-order valence-corrected chi connectivity index (χ0v) is 15.4. The van der Waals surface area contributed by atoms with Gasteiger partial charge in [0.25, 0.3) is 0 Å². The predicted octanol–water partition coefficient (Wildman–Crippen LogP) is 5.82. The van der Waals surface area contributed by atoms with Gasteiger partial charge in [0.05, 0.1) is 5.70 Å². The molecule has 0 atom stereocenters. The zero-order valence-electron chi connectivity index (χ0n) is 12.2. The lowest BCUT2D eigenvalue weighted by atomic mass is 10.0. The van der Waals surface area contributed by atoms with Crippen LogP contribution in [-0.2, 0) is 0 Å². The molecule has 0 fully saturated rings. The standard InChI is InChI=1S/C18H10Br2FN3/c19-16-17(20)24-18(23-16)13-4-2-1-3-12(13)14-8-6-10-5-7-11(21)9-15(10)22-14/h1-7,9,22H,(H,23,24). The molecule has 0 radical (unpaired) electrons. The maximum absolute atomic E-state index is 13.5.